The standard InChI is InChI=1S/C18H30N2O/c1-2-15-10-12-18(14-19,13-11-15)20-17(21)16-8-6-4-3-5-7-9-16/h15-16H,2-13H2,1H3,(H,20,21). The Morgan fingerprint density at radius 2 is 1.67 bits per heavy atom. The smallest absolute Gasteiger partial charge is 0.224 e. The molecule has 1 N–H and O–H groups in total. The number of nitrogens with one attached hydrogen (secondary N) is 1. The Kier molecular flexibility index (Phi) is 6.08. The summed E-state index contributed by atoms with van der Waals surface area (Å²) in [7, 11) is 0. The van der Waals surface area contributed by atoms with Crippen LogP contribution in [0.2, 0.25) is 0 Å². The van der Waals surface area contributed by atoms with Crippen LogP contribution in [-0.4, -0.2) is 11.4 Å². The molecule has 2 aliphatic carbocycles. The van der Waals surface area contributed by atoms with Crippen LogP contribution < -0.4 is 5.32 Å². The maximum absolute atomic E-state index is 12.6. The summed E-state index contributed by atoms with van der Waals surface area (Å²) in [5, 5.41) is 12.7. The van der Waals surface area contributed by atoms with Crippen molar-refractivity contribution in [2.24, 2.45) is 11.8 Å². The fraction of sp³-hybridized carbons (Fsp3) is 0.889. The monoisotopic (exact) mass is 290 g/mol. The van der Waals surface area contributed by atoms with Gasteiger partial charge in [-0.25, -0.2) is 0 Å². The minimum Gasteiger partial charge on any atom is -0.338 e. The summed E-state index contributed by atoms with van der Waals surface area (Å²) in [6.45, 7) is 2.22. The predicted molar refractivity (Wildman–Crippen MR) is 84.5 cm³/mol. The van der Waals surface area contributed by atoms with E-state index in [-0.39, 0.29) is 11.8 Å². The molecule has 0 atom stereocenters. The minimum atomic E-state index is -0.578. The first-order valence-electron chi connectivity index (χ1n) is 8.92. The number of carbonyl (C=O) groups is 1. The first-order valence-corrected chi connectivity index (χ1v) is 8.92. The third kappa shape index (κ3) is 4.46. The fourth-order valence-electron chi connectivity index (χ4n) is 3.90. The molecule has 2 fully saturated rings. The van der Waals surface area contributed by atoms with Gasteiger partial charge in [0.15, 0.2) is 0 Å². The summed E-state index contributed by atoms with van der Waals surface area (Å²) in [5.41, 5.74) is -0.578. The zero-order valence-electron chi connectivity index (χ0n) is 13.5. The van der Waals surface area contributed by atoms with Crippen LogP contribution in [0, 0.1) is 23.2 Å². The SMILES string of the molecule is CCC1CCC(C#N)(NC(=O)C2CCCCCCC2)CC1. The van der Waals surface area contributed by atoms with Gasteiger partial charge in [-0.05, 0) is 44.4 Å². The second-order valence-corrected chi connectivity index (χ2v) is 7.08. The minimum absolute atomic E-state index is 0.138. The van der Waals surface area contributed by atoms with Crippen molar-refractivity contribution in [1.82, 2.24) is 5.32 Å². The van der Waals surface area contributed by atoms with Gasteiger partial charge in [0.25, 0.3) is 0 Å². The molecular formula is C18H30N2O. The maximum Gasteiger partial charge on any atom is 0.224 e. The lowest BCUT2D eigenvalue weighted by Gasteiger charge is -2.36. The highest BCUT2D eigenvalue weighted by Gasteiger charge is 2.37. The molecule has 0 aliphatic heterocycles. The van der Waals surface area contributed by atoms with Crippen molar-refractivity contribution < 1.29 is 4.79 Å². The number of hydrogen-bond donors (Lipinski definition) is 1. The Bertz CT molecular complexity index is 369. The molecule has 2 rings (SSSR count). The van der Waals surface area contributed by atoms with Gasteiger partial charge in [0.05, 0.1) is 6.07 Å². The molecule has 0 heterocycles. The molecule has 0 aromatic heterocycles. The average molecular weight is 290 g/mol. The topological polar surface area (TPSA) is 52.9 Å². The van der Waals surface area contributed by atoms with Crippen LogP contribution in [0.25, 0.3) is 0 Å². The number of nitrogens with zero attached hydrogens (tertiary/aromatic N) is 1. The van der Waals surface area contributed by atoms with E-state index in [2.05, 4.69) is 18.3 Å². The molecule has 0 aromatic carbocycles. The van der Waals surface area contributed by atoms with E-state index in [0.717, 1.165) is 57.3 Å². The van der Waals surface area contributed by atoms with E-state index in [1.54, 1.807) is 0 Å². The molecule has 21 heavy (non-hydrogen) atoms. The lowest BCUT2D eigenvalue weighted by molar-refractivity contribution is -0.127. The second-order valence-electron chi connectivity index (χ2n) is 7.08. The summed E-state index contributed by atoms with van der Waals surface area (Å²) in [5.74, 6) is 1.03. The van der Waals surface area contributed by atoms with Crippen LogP contribution in [0.15, 0.2) is 0 Å². The van der Waals surface area contributed by atoms with Crippen molar-refractivity contribution in [2.45, 2.75) is 89.5 Å². The first kappa shape index (κ1) is 16.3. The van der Waals surface area contributed by atoms with Crippen LogP contribution >= 0.6 is 0 Å². The van der Waals surface area contributed by atoms with Crippen LogP contribution in [0.1, 0.15) is 84.0 Å². The van der Waals surface area contributed by atoms with Crippen molar-refractivity contribution in [3.8, 4) is 6.07 Å². The average Bonchev–Trinajstić information content (AvgIpc) is 2.47. The van der Waals surface area contributed by atoms with Crippen molar-refractivity contribution in [2.75, 3.05) is 0 Å². The summed E-state index contributed by atoms with van der Waals surface area (Å²) in [6, 6.07) is 2.43. The van der Waals surface area contributed by atoms with Gasteiger partial charge >= 0.3 is 0 Å². The zero-order chi connectivity index (χ0) is 15.1. The molecule has 0 saturated heterocycles. The number of rotatable bonds is 3. The lowest BCUT2D eigenvalue weighted by Crippen LogP contribution is -2.51. The largest absolute Gasteiger partial charge is 0.338 e. The van der Waals surface area contributed by atoms with Crippen LogP contribution in [0.3, 0.4) is 0 Å². The molecule has 1 amide bonds. The van der Waals surface area contributed by atoms with Gasteiger partial charge in [0.2, 0.25) is 5.91 Å². The first-order chi connectivity index (χ1) is 10.2. The van der Waals surface area contributed by atoms with E-state index < -0.39 is 5.54 Å². The Balaban J connectivity index is 1.91. The maximum atomic E-state index is 12.6. The quantitative estimate of drug-likeness (QED) is 0.841. The molecule has 0 radical (unpaired) electrons. The third-order valence-corrected chi connectivity index (χ3v) is 5.59. The van der Waals surface area contributed by atoms with Crippen LogP contribution in [0.4, 0.5) is 0 Å². The lowest BCUT2D eigenvalue weighted by atomic mass is 9.76. The summed E-state index contributed by atoms with van der Waals surface area (Å²) >= 11 is 0. The van der Waals surface area contributed by atoms with Crippen LogP contribution in [-0.2, 0) is 4.79 Å². The highest BCUT2D eigenvalue weighted by molar-refractivity contribution is 5.79. The van der Waals surface area contributed by atoms with Gasteiger partial charge < -0.3 is 5.32 Å². The molecular weight excluding hydrogens is 260 g/mol. The molecule has 0 spiro atoms. The number of carbonyl (C=O) groups excluding carboxylic acids is 1. The van der Waals surface area contributed by atoms with Gasteiger partial charge in [0.1, 0.15) is 5.54 Å². The van der Waals surface area contributed by atoms with Crippen molar-refractivity contribution in [3.05, 3.63) is 0 Å². The van der Waals surface area contributed by atoms with Crippen LogP contribution in [0.5, 0.6) is 0 Å². The Morgan fingerprint density at radius 3 is 2.19 bits per heavy atom. The van der Waals surface area contributed by atoms with E-state index in [9.17, 15) is 10.1 Å². The van der Waals surface area contributed by atoms with Crippen molar-refractivity contribution in [3.63, 3.8) is 0 Å². The van der Waals surface area contributed by atoms with Gasteiger partial charge in [-0.1, -0.05) is 45.4 Å². The third-order valence-electron chi connectivity index (χ3n) is 5.59. The molecule has 0 bridgehead atoms. The molecule has 3 nitrogen and oxygen atoms in total. The van der Waals surface area contributed by atoms with E-state index in [1.165, 1.54) is 25.7 Å². The normalized spacial score (nSPS) is 31.7. The molecule has 2 saturated carbocycles. The predicted octanol–water partition coefficient (Wildman–Crippen LogP) is 4.33. The van der Waals surface area contributed by atoms with Crippen molar-refractivity contribution >= 4 is 5.91 Å². The van der Waals surface area contributed by atoms with Gasteiger partial charge in [0, 0.05) is 5.92 Å². The number of amides is 1. The van der Waals surface area contributed by atoms with Gasteiger partial charge in [-0.2, -0.15) is 5.26 Å². The van der Waals surface area contributed by atoms with E-state index in [0.29, 0.717) is 0 Å². The van der Waals surface area contributed by atoms with Crippen molar-refractivity contribution in [1.29, 1.82) is 5.26 Å². The fourth-order valence-corrected chi connectivity index (χ4v) is 3.90. The number of nitriles is 1. The molecule has 3 heteroatoms. The van der Waals surface area contributed by atoms with Gasteiger partial charge in [-0.15, -0.1) is 0 Å². The summed E-state index contributed by atoms with van der Waals surface area (Å²) < 4.78 is 0. The molecule has 0 unspecified atom stereocenters. The van der Waals surface area contributed by atoms with E-state index in [1.807, 2.05) is 0 Å². The number of hydrogen-bond acceptors (Lipinski definition) is 2. The second kappa shape index (κ2) is 7.82. The Morgan fingerprint density at radius 1 is 1.10 bits per heavy atom. The highest BCUT2D eigenvalue weighted by atomic mass is 16.2. The molecule has 118 valence electrons. The Labute approximate surface area is 129 Å². The molecule has 2 aliphatic rings. The Hall–Kier alpha value is -1.04. The molecule has 0 aromatic rings. The zero-order valence-corrected chi connectivity index (χ0v) is 13.5. The van der Waals surface area contributed by atoms with E-state index in [4.69, 9.17) is 0 Å². The van der Waals surface area contributed by atoms with E-state index >= 15 is 0 Å². The summed E-state index contributed by atoms with van der Waals surface area (Å²) in [6.07, 6.45) is 13.2. The highest BCUT2D eigenvalue weighted by Crippen LogP contribution is 2.34. The summed E-state index contributed by atoms with van der Waals surface area (Å²) in [4.78, 5) is 12.6. The van der Waals surface area contributed by atoms with Gasteiger partial charge in [-0.3, -0.25) is 4.79 Å².